The van der Waals surface area contributed by atoms with Crippen LogP contribution in [-0.4, -0.2) is 19.4 Å². The molecule has 1 atom stereocenters. The Hall–Kier alpha value is -1.07. The fraction of sp³-hybridized carbons (Fsp3) is 0.538. The van der Waals surface area contributed by atoms with Gasteiger partial charge in [-0.15, -0.1) is 0 Å². The molecule has 0 aliphatic rings. The van der Waals surface area contributed by atoms with Gasteiger partial charge in [0.1, 0.15) is 6.61 Å². The van der Waals surface area contributed by atoms with Crippen LogP contribution >= 0.6 is 0 Å². The number of nitrogens with two attached hydrogens (primary N) is 1. The second kappa shape index (κ2) is 6.20. The highest BCUT2D eigenvalue weighted by atomic mass is 19.4. The maximum Gasteiger partial charge on any atom is 0.411 e. The summed E-state index contributed by atoms with van der Waals surface area (Å²) < 4.78 is 40.1. The minimum absolute atomic E-state index is 0.00799. The molecule has 0 aliphatic heterocycles. The molecular formula is C13H18F3NO. The molecule has 2 N–H and O–H groups in total. The standard InChI is InChI=1S/C13H18F3NO/c1-9-4-3-5-11(10(9)2)12(17)6-7-18-8-13(14,15)16/h3-5,12H,6-8,17H2,1-2H3. The summed E-state index contributed by atoms with van der Waals surface area (Å²) in [5, 5.41) is 0. The van der Waals surface area contributed by atoms with E-state index >= 15 is 0 Å². The van der Waals surface area contributed by atoms with Gasteiger partial charge in [-0.25, -0.2) is 0 Å². The normalized spacial score (nSPS) is 13.7. The van der Waals surface area contributed by atoms with Gasteiger partial charge in [-0.1, -0.05) is 18.2 Å². The quantitative estimate of drug-likeness (QED) is 0.826. The van der Waals surface area contributed by atoms with Crippen LogP contribution in [0.3, 0.4) is 0 Å². The molecule has 0 bridgehead atoms. The first-order chi connectivity index (χ1) is 8.31. The summed E-state index contributed by atoms with van der Waals surface area (Å²) in [6.45, 7) is 2.73. The number of hydrogen-bond donors (Lipinski definition) is 1. The number of rotatable bonds is 5. The molecule has 2 nitrogen and oxygen atoms in total. The second-order valence-corrected chi connectivity index (χ2v) is 4.35. The lowest BCUT2D eigenvalue weighted by atomic mass is 9.96. The molecule has 0 amide bonds. The van der Waals surface area contributed by atoms with Crippen LogP contribution in [0, 0.1) is 13.8 Å². The number of alkyl halides is 3. The Bertz CT molecular complexity index is 390. The van der Waals surface area contributed by atoms with E-state index in [0.29, 0.717) is 6.42 Å². The van der Waals surface area contributed by atoms with Crippen molar-refractivity contribution >= 4 is 0 Å². The molecular weight excluding hydrogens is 243 g/mol. The van der Waals surface area contributed by atoms with Crippen LogP contribution in [-0.2, 0) is 4.74 Å². The number of hydrogen-bond acceptors (Lipinski definition) is 2. The SMILES string of the molecule is Cc1cccc(C(N)CCOCC(F)(F)F)c1C. The van der Waals surface area contributed by atoms with Crippen molar-refractivity contribution in [3.63, 3.8) is 0 Å². The molecule has 18 heavy (non-hydrogen) atoms. The van der Waals surface area contributed by atoms with Crippen LogP contribution in [0.1, 0.15) is 29.2 Å². The summed E-state index contributed by atoms with van der Waals surface area (Å²) in [5.41, 5.74) is 9.13. The van der Waals surface area contributed by atoms with Crippen LogP contribution in [0.2, 0.25) is 0 Å². The number of benzene rings is 1. The van der Waals surface area contributed by atoms with Crippen LogP contribution in [0.5, 0.6) is 0 Å². The maximum absolute atomic E-state index is 11.9. The average molecular weight is 261 g/mol. The molecule has 0 aliphatic carbocycles. The Balaban J connectivity index is 2.46. The van der Waals surface area contributed by atoms with Crippen LogP contribution < -0.4 is 5.73 Å². The Morgan fingerprint density at radius 1 is 1.28 bits per heavy atom. The maximum atomic E-state index is 11.9. The van der Waals surface area contributed by atoms with Crippen molar-refractivity contribution in [2.75, 3.05) is 13.2 Å². The highest BCUT2D eigenvalue weighted by molar-refractivity contribution is 5.35. The Kier molecular flexibility index (Phi) is 5.16. The Labute approximate surface area is 105 Å². The van der Waals surface area contributed by atoms with E-state index in [9.17, 15) is 13.2 Å². The number of halogens is 3. The zero-order chi connectivity index (χ0) is 13.8. The number of aryl methyl sites for hydroxylation is 1. The molecule has 0 aromatic heterocycles. The highest BCUT2D eigenvalue weighted by Crippen LogP contribution is 2.21. The molecule has 0 saturated heterocycles. The fourth-order valence-corrected chi connectivity index (χ4v) is 1.73. The topological polar surface area (TPSA) is 35.2 Å². The van der Waals surface area contributed by atoms with Crippen molar-refractivity contribution in [1.29, 1.82) is 0 Å². The zero-order valence-corrected chi connectivity index (χ0v) is 10.6. The first kappa shape index (κ1) is 15.0. The van der Waals surface area contributed by atoms with Gasteiger partial charge >= 0.3 is 6.18 Å². The predicted octanol–water partition coefficient (Wildman–Crippen LogP) is 3.27. The minimum atomic E-state index is -4.27. The van der Waals surface area contributed by atoms with Gasteiger partial charge in [0.15, 0.2) is 0 Å². The predicted molar refractivity (Wildman–Crippen MR) is 64.3 cm³/mol. The van der Waals surface area contributed by atoms with E-state index in [1.54, 1.807) is 0 Å². The van der Waals surface area contributed by atoms with Gasteiger partial charge in [0, 0.05) is 12.6 Å². The summed E-state index contributed by atoms with van der Waals surface area (Å²) in [5.74, 6) is 0. The third kappa shape index (κ3) is 4.66. The van der Waals surface area contributed by atoms with E-state index in [0.717, 1.165) is 16.7 Å². The monoisotopic (exact) mass is 261 g/mol. The van der Waals surface area contributed by atoms with E-state index in [2.05, 4.69) is 4.74 Å². The van der Waals surface area contributed by atoms with Gasteiger partial charge in [-0.2, -0.15) is 13.2 Å². The lowest BCUT2D eigenvalue weighted by Gasteiger charge is -2.16. The van der Waals surface area contributed by atoms with E-state index < -0.39 is 12.8 Å². The summed E-state index contributed by atoms with van der Waals surface area (Å²) in [4.78, 5) is 0. The molecule has 1 unspecified atom stereocenters. The van der Waals surface area contributed by atoms with Gasteiger partial charge in [0.25, 0.3) is 0 Å². The van der Waals surface area contributed by atoms with Crippen molar-refractivity contribution in [2.24, 2.45) is 5.73 Å². The first-order valence-corrected chi connectivity index (χ1v) is 5.77. The molecule has 0 spiro atoms. The highest BCUT2D eigenvalue weighted by Gasteiger charge is 2.27. The van der Waals surface area contributed by atoms with Gasteiger partial charge in [-0.05, 0) is 37.0 Å². The van der Waals surface area contributed by atoms with Crippen LogP contribution in [0.15, 0.2) is 18.2 Å². The molecule has 0 radical (unpaired) electrons. The van der Waals surface area contributed by atoms with Crippen molar-refractivity contribution < 1.29 is 17.9 Å². The summed E-state index contributed by atoms with van der Waals surface area (Å²) in [6.07, 6.45) is -3.90. The molecule has 5 heteroatoms. The Morgan fingerprint density at radius 2 is 1.94 bits per heavy atom. The van der Waals surface area contributed by atoms with E-state index in [1.165, 1.54) is 0 Å². The van der Waals surface area contributed by atoms with E-state index in [-0.39, 0.29) is 12.6 Å². The minimum Gasteiger partial charge on any atom is -0.372 e. The van der Waals surface area contributed by atoms with Gasteiger partial charge in [0.05, 0.1) is 0 Å². The lowest BCUT2D eigenvalue weighted by Crippen LogP contribution is -2.20. The lowest BCUT2D eigenvalue weighted by molar-refractivity contribution is -0.174. The second-order valence-electron chi connectivity index (χ2n) is 4.35. The number of ether oxygens (including phenoxy) is 1. The molecule has 1 aromatic carbocycles. The first-order valence-electron chi connectivity index (χ1n) is 5.77. The third-order valence-electron chi connectivity index (χ3n) is 2.88. The van der Waals surface area contributed by atoms with Crippen molar-refractivity contribution in [3.05, 3.63) is 34.9 Å². The fourth-order valence-electron chi connectivity index (χ4n) is 1.73. The molecule has 1 aromatic rings. The van der Waals surface area contributed by atoms with Crippen molar-refractivity contribution in [2.45, 2.75) is 32.5 Å². The van der Waals surface area contributed by atoms with Crippen molar-refractivity contribution in [3.8, 4) is 0 Å². The van der Waals surface area contributed by atoms with Gasteiger partial charge < -0.3 is 10.5 Å². The van der Waals surface area contributed by atoms with Crippen LogP contribution in [0.4, 0.5) is 13.2 Å². The zero-order valence-electron chi connectivity index (χ0n) is 10.6. The molecule has 0 fully saturated rings. The summed E-state index contributed by atoms with van der Waals surface area (Å²) in [6, 6.07) is 5.48. The molecule has 102 valence electrons. The molecule has 1 rings (SSSR count). The van der Waals surface area contributed by atoms with Crippen LogP contribution in [0.25, 0.3) is 0 Å². The summed E-state index contributed by atoms with van der Waals surface area (Å²) >= 11 is 0. The Morgan fingerprint density at radius 3 is 2.56 bits per heavy atom. The third-order valence-corrected chi connectivity index (χ3v) is 2.88. The summed E-state index contributed by atoms with van der Waals surface area (Å²) in [7, 11) is 0. The smallest absolute Gasteiger partial charge is 0.372 e. The molecule has 0 saturated carbocycles. The average Bonchev–Trinajstić information content (AvgIpc) is 2.26. The van der Waals surface area contributed by atoms with E-state index in [1.807, 2.05) is 32.0 Å². The van der Waals surface area contributed by atoms with E-state index in [4.69, 9.17) is 5.73 Å². The molecule has 0 heterocycles. The largest absolute Gasteiger partial charge is 0.411 e. The van der Waals surface area contributed by atoms with Gasteiger partial charge in [-0.3, -0.25) is 0 Å². The van der Waals surface area contributed by atoms with Gasteiger partial charge in [0.2, 0.25) is 0 Å². The van der Waals surface area contributed by atoms with Crippen molar-refractivity contribution in [1.82, 2.24) is 0 Å².